The van der Waals surface area contributed by atoms with Crippen molar-refractivity contribution in [3.63, 3.8) is 0 Å². The van der Waals surface area contributed by atoms with Gasteiger partial charge in [-0.05, 0) is 28.3 Å². The molecule has 0 bridgehead atoms. The van der Waals surface area contributed by atoms with Crippen LogP contribution in [0, 0.1) is 12.3 Å². The van der Waals surface area contributed by atoms with Gasteiger partial charge in [0.15, 0.2) is 0 Å². The standard InChI is InChI=1S/C22H16/c1-2-19-12-6-8-14-21(19)22-15-9-7-13-20(22)17-16-18-10-4-3-5-11-18/h1,3-17H/b17-16-. The Morgan fingerprint density at radius 2 is 1.27 bits per heavy atom. The van der Waals surface area contributed by atoms with Crippen molar-refractivity contribution in [2.45, 2.75) is 0 Å². The van der Waals surface area contributed by atoms with Crippen LogP contribution >= 0.6 is 0 Å². The van der Waals surface area contributed by atoms with Gasteiger partial charge in [0.25, 0.3) is 0 Å². The molecule has 0 fully saturated rings. The van der Waals surface area contributed by atoms with E-state index in [1.54, 1.807) is 0 Å². The average Bonchev–Trinajstić information content (AvgIpc) is 2.61. The third-order valence-electron chi connectivity index (χ3n) is 3.59. The van der Waals surface area contributed by atoms with Gasteiger partial charge >= 0.3 is 0 Å². The molecule has 0 heteroatoms. The fourth-order valence-corrected chi connectivity index (χ4v) is 2.48. The molecule has 0 spiro atoms. The van der Waals surface area contributed by atoms with Crippen LogP contribution in [0.2, 0.25) is 0 Å². The summed E-state index contributed by atoms with van der Waals surface area (Å²) in [6.07, 6.45) is 9.89. The van der Waals surface area contributed by atoms with Crippen LogP contribution in [-0.2, 0) is 0 Å². The highest BCUT2D eigenvalue weighted by molar-refractivity contribution is 5.83. The van der Waals surface area contributed by atoms with E-state index < -0.39 is 0 Å². The molecular weight excluding hydrogens is 264 g/mol. The van der Waals surface area contributed by atoms with Gasteiger partial charge < -0.3 is 0 Å². The number of rotatable bonds is 3. The summed E-state index contributed by atoms with van der Waals surface area (Å²) < 4.78 is 0. The maximum atomic E-state index is 5.64. The van der Waals surface area contributed by atoms with Gasteiger partial charge in [-0.2, -0.15) is 0 Å². The molecule has 3 aromatic rings. The first kappa shape index (κ1) is 13.9. The zero-order valence-corrected chi connectivity index (χ0v) is 12.2. The SMILES string of the molecule is C#Cc1ccccc1-c1ccccc1/C=C\c1ccccc1. The Balaban J connectivity index is 2.04. The summed E-state index contributed by atoms with van der Waals surface area (Å²) in [5, 5.41) is 0. The largest absolute Gasteiger partial charge is 0.115 e. The molecule has 0 unspecified atom stereocenters. The molecule has 0 aliphatic rings. The summed E-state index contributed by atoms with van der Waals surface area (Å²) in [5.74, 6) is 2.77. The van der Waals surface area contributed by atoms with Gasteiger partial charge in [-0.3, -0.25) is 0 Å². The topological polar surface area (TPSA) is 0 Å². The van der Waals surface area contributed by atoms with E-state index in [0.717, 1.165) is 22.3 Å². The van der Waals surface area contributed by atoms with Gasteiger partial charge in [0.2, 0.25) is 0 Å². The molecule has 0 aliphatic heterocycles. The minimum Gasteiger partial charge on any atom is -0.115 e. The van der Waals surface area contributed by atoms with E-state index in [1.807, 2.05) is 48.5 Å². The van der Waals surface area contributed by atoms with Gasteiger partial charge in [-0.15, -0.1) is 6.42 Å². The van der Waals surface area contributed by atoms with Gasteiger partial charge in [0.1, 0.15) is 0 Å². The van der Waals surface area contributed by atoms with Crippen molar-refractivity contribution in [3.8, 4) is 23.5 Å². The molecular formula is C22H16. The maximum absolute atomic E-state index is 5.64. The molecule has 104 valence electrons. The lowest BCUT2D eigenvalue weighted by Crippen LogP contribution is -1.87. The fraction of sp³-hybridized carbons (Fsp3) is 0. The Hall–Kier alpha value is -3.04. The van der Waals surface area contributed by atoms with E-state index in [4.69, 9.17) is 6.42 Å². The van der Waals surface area contributed by atoms with E-state index >= 15 is 0 Å². The van der Waals surface area contributed by atoms with Crippen LogP contribution < -0.4 is 0 Å². The van der Waals surface area contributed by atoms with Gasteiger partial charge in [0, 0.05) is 5.56 Å². The van der Waals surface area contributed by atoms with E-state index in [1.165, 1.54) is 5.56 Å². The first-order chi connectivity index (χ1) is 10.9. The number of benzene rings is 3. The number of hydrogen-bond donors (Lipinski definition) is 0. The Kier molecular flexibility index (Phi) is 4.18. The highest BCUT2D eigenvalue weighted by atomic mass is 14.1. The Labute approximate surface area is 131 Å². The molecule has 22 heavy (non-hydrogen) atoms. The Morgan fingerprint density at radius 1 is 0.636 bits per heavy atom. The smallest absolute Gasteiger partial charge is 0.0321 e. The summed E-state index contributed by atoms with van der Waals surface area (Å²) in [5.41, 5.74) is 5.51. The van der Waals surface area contributed by atoms with Crippen LogP contribution in [0.5, 0.6) is 0 Å². The second kappa shape index (κ2) is 6.61. The Bertz CT molecular complexity index is 833. The van der Waals surface area contributed by atoms with E-state index in [0.29, 0.717) is 0 Å². The van der Waals surface area contributed by atoms with E-state index in [2.05, 4.69) is 48.4 Å². The first-order valence-electron chi connectivity index (χ1n) is 7.26. The minimum atomic E-state index is 0.920. The molecule has 0 amide bonds. The summed E-state index contributed by atoms with van der Waals surface area (Å²) >= 11 is 0. The summed E-state index contributed by atoms with van der Waals surface area (Å²) in [7, 11) is 0. The summed E-state index contributed by atoms with van der Waals surface area (Å²) in [6.45, 7) is 0. The quantitative estimate of drug-likeness (QED) is 0.438. The molecule has 0 radical (unpaired) electrons. The average molecular weight is 280 g/mol. The van der Waals surface area contributed by atoms with Crippen molar-refractivity contribution >= 4 is 12.2 Å². The van der Waals surface area contributed by atoms with Gasteiger partial charge in [-0.25, -0.2) is 0 Å². The lowest BCUT2D eigenvalue weighted by molar-refractivity contribution is 1.56. The Morgan fingerprint density at radius 3 is 2.05 bits per heavy atom. The van der Waals surface area contributed by atoms with E-state index in [-0.39, 0.29) is 0 Å². The molecule has 0 N–H and O–H groups in total. The lowest BCUT2D eigenvalue weighted by atomic mass is 9.95. The molecule has 3 rings (SSSR count). The molecule has 0 nitrogen and oxygen atoms in total. The first-order valence-corrected chi connectivity index (χ1v) is 7.26. The van der Waals surface area contributed by atoms with Crippen LogP contribution in [0.4, 0.5) is 0 Å². The van der Waals surface area contributed by atoms with Crippen LogP contribution in [0.25, 0.3) is 23.3 Å². The third-order valence-corrected chi connectivity index (χ3v) is 3.59. The number of terminal acetylenes is 1. The molecule has 0 aromatic heterocycles. The fourth-order valence-electron chi connectivity index (χ4n) is 2.48. The predicted octanol–water partition coefficient (Wildman–Crippen LogP) is 5.51. The maximum Gasteiger partial charge on any atom is 0.0321 e. The van der Waals surface area contributed by atoms with Crippen molar-refractivity contribution in [2.75, 3.05) is 0 Å². The highest BCUT2D eigenvalue weighted by Crippen LogP contribution is 2.28. The lowest BCUT2D eigenvalue weighted by Gasteiger charge is -2.08. The molecule has 3 aromatic carbocycles. The summed E-state index contributed by atoms with van der Waals surface area (Å²) in [6, 6.07) is 26.7. The van der Waals surface area contributed by atoms with Crippen molar-refractivity contribution in [1.29, 1.82) is 0 Å². The van der Waals surface area contributed by atoms with Crippen LogP contribution in [0.15, 0.2) is 78.9 Å². The molecule has 0 heterocycles. The van der Waals surface area contributed by atoms with Crippen molar-refractivity contribution < 1.29 is 0 Å². The van der Waals surface area contributed by atoms with E-state index in [9.17, 15) is 0 Å². The van der Waals surface area contributed by atoms with Crippen molar-refractivity contribution in [2.24, 2.45) is 0 Å². The monoisotopic (exact) mass is 280 g/mol. The second-order valence-electron chi connectivity index (χ2n) is 5.02. The van der Waals surface area contributed by atoms with Crippen LogP contribution in [0.1, 0.15) is 16.7 Å². The normalized spacial score (nSPS) is 10.5. The van der Waals surface area contributed by atoms with Crippen molar-refractivity contribution in [1.82, 2.24) is 0 Å². The van der Waals surface area contributed by atoms with Gasteiger partial charge in [0.05, 0.1) is 0 Å². The zero-order valence-electron chi connectivity index (χ0n) is 12.2. The van der Waals surface area contributed by atoms with Crippen LogP contribution in [0.3, 0.4) is 0 Å². The predicted molar refractivity (Wildman–Crippen MR) is 95.2 cm³/mol. The zero-order chi connectivity index (χ0) is 15.2. The van der Waals surface area contributed by atoms with Crippen LogP contribution in [-0.4, -0.2) is 0 Å². The molecule has 0 aliphatic carbocycles. The number of hydrogen-bond acceptors (Lipinski definition) is 0. The van der Waals surface area contributed by atoms with Crippen molar-refractivity contribution in [3.05, 3.63) is 95.6 Å². The molecule has 0 saturated carbocycles. The highest BCUT2D eigenvalue weighted by Gasteiger charge is 2.05. The third kappa shape index (κ3) is 3.00. The second-order valence-corrected chi connectivity index (χ2v) is 5.02. The summed E-state index contributed by atoms with van der Waals surface area (Å²) in [4.78, 5) is 0. The molecule has 0 atom stereocenters. The molecule has 0 saturated heterocycles. The minimum absolute atomic E-state index is 0.920. The van der Waals surface area contributed by atoms with Gasteiger partial charge in [-0.1, -0.05) is 90.9 Å².